The predicted molar refractivity (Wildman–Crippen MR) is 79.3 cm³/mol. The highest BCUT2D eigenvalue weighted by molar-refractivity contribution is 6.35. The predicted octanol–water partition coefficient (Wildman–Crippen LogP) is 4.80. The number of hydrogen-bond donors (Lipinski definition) is 2. The zero-order valence-corrected chi connectivity index (χ0v) is 11.7. The number of aromatic hydroxyl groups is 1. The Morgan fingerprint density at radius 1 is 1.16 bits per heavy atom. The highest BCUT2D eigenvalue weighted by atomic mass is 35.5. The quantitative estimate of drug-likeness (QED) is 0.834. The number of anilines is 1. The van der Waals surface area contributed by atoms with Gasteiger partial charge in [-0.1, -0.05) is 35.3 Å². The lowest BCUT2D eigenvalue weighted by molar-refractivity contribution is 0.469. The van der Waals surface area contributed by atoms with Crippen molar-refractivity contribution in [2.24, 2.45) is 0 Å². The smallest absolute Gasteiger partial charge is 0.119 e. The van der Waals surface area contributed by atoms with Crippen LogP contribution >= 0.6 is 23.2 Å². The first kappa shape index (κ1) is 12.6. The Morgan fingerprint density at radius 2 is 2.00 bits per heavy atom. The molecular weight excluding hydrogens is 281 g/mol. The molecule has 2 aromatic carbocycles. The Bertz CT molecular complexity index is 628. The van der Waals surface area contributed by atoms with Gasteiger partial charge in [0.2, 0.25) is 0 Å². The fourth-order valence-corrected chi connectivity index (χ4v) is 2.92. The Balaban J connectivity index is 1.91. The number of fused-ring (bicyclic) bond motifs is 1. The lowest BCUT2D eigenvalue weighted by Crippen LogP contribution is -2.07. The number of rotatable bonds is 2. The molecule has 0 bridgehead atoms. The van der Waals surface area contributed by atoms with Gasteiger partial charge in [0, 0.05) is 5.02 Å². The molecule has 0 fully saturated rings. The van der Waals surface area contributed by atoms with Crippen LogP contribution < -0.4 is 5.32 Å². The Labute approximate surface area is 122 Å². The van der Waals surface area contributed by atoms with E-state index >= 15 is 0 Å². The van der Waals surface area contributed by atoms with E-state index in [2.05, 4.69) is 5.32 Å². The van der Waals surface area contributed by atoms with E-state index in [1.807, 2.05) is 18.2 Å². The summed E-state index contributed by atoms with van der Waals surface area (Å²) in [5, 5.41) is 14.5. The molecule has 0 aliphatic heterocycles. The zero-order chi connectivity index (χ0) is 13.4. The fraction of sp³-hybridized carbons (Fsp3) is 0.200. The third-order valence-corrected chi connectivity index (χ3v) is 4.07. The molecule has 1 aliphatic rings. The minimum Gasteiger partial charge on any atom is -0.508 e. The molecule has 0 aromatic heterocycles. The van der Waals surface area contributed by atoms with Crippen LogP contribution in [0.1, 0.15) is 23.6 Å². The third-order valence-electron chi connectivity index (χ3n) is 3.50. The summed E-state index contributed by atoms with van der Waals surface area (Å²) in [6.07, 6.45) is 1.81. The molecule has 2 aromatic rings. The molecule has 0 saturated carbocycles. The van der Waals surface area contributed by atoms with Gasteiger partial charge in [-0.05, 0) is 48.2 Å². The molecule has 0 spiro atoms. The Hall–Kier alpha value is -1.38. The van der Waals surface area contributed by atoms with E-state index in [-0.39, 0.29) is 6.04 Å². The first-order valence-electron chi connectivity index (χ1n) is 6.17. The topological polar surface area (TPSA) is 32.3 Å². The summed E-state index contributed by atoms with van der Waals surface area (Å²) in [4.78, 5) is 0. The van der Waals surface area contributed by atoms with Crippen molar-refractivity contribution in [3.05, 3.63) is 57.6 Å². The van der Waals surface area contributed by atoms with Crippen molar-refractivity contribution in [1.29, 1.82) is 0 Å². The average molecular weight is 294 g/mol. The van der Waals surface area contributed by atoms with E-state index < -0.39 is 0 Å². The molecule has 2 nitrogen and oxygen atoms in total. The van der Waals surface area contributed by atoms with Crippen LogP contribution in [0.15, 0.2) is 36.4 Å². The number of hydrogen-bond acceptors (Lipinski definition) is 2. The lowest BCUT2D eigenvalue weighted by Gasteiger charge is -2.17. The van der Waals surface area contributed by atoms with Crippen LogP contribution in [0.25, 0.3) is 0 Å². The van der Waals surface area contributed by atoms with Gasteiger partial charge in [-0.2, -0.15) is 0 Å². The zero-order valence-electron chi connectivity index (χ0n) is 10.2. The first-order valence-corrected chi connectivity index (χ1v) is 6.93. The van der Waals surface area contributed by atoms with Crippen molar-refractivity contribution >= 4 is 28.9 Å². The van der Waals surface area contributed by atoms with Crippen molar-refractivity contribution in [2.75, 3.05) is 5.32 Å². The molecule has 0 heterocycles. The Kier molecular flexibility index (Phi) is 3.29. The molecule has 19 heavy (non-hydrogen) atoms. The van der Waals surface area contributed by atoms with Gasteiger partial charge in [0.15, 0.2) is 0 Å². The summed E-state index contributed by atoms with van der Waals surface area (Å²) < 4.78 is 0. The van der Waals surface area contributed by atoms with Gasteiger partial charge in [-0.25, -0.2) is 0 Å². The van der Waals surface area contributed by atoms with Crippen LogP contribution in [-0.2, 0) is 6.42 Å². The average Bonchev–Trinajstić information content (AvgIpc) is 2.79. The van der Waals surface area contributed by atoms with Gasteiger partial charge in [-0.3, -0.25) is 0 Å². The van der Waals surface area contributed by atoms with Gasteiger partial charge in [0.1, 0.15) is 5.75 Å². The minimum absolute atomic E-state index is 0.165. The van der Waals surface area contributed by atoms with Crippen LogP contribution in [0.4, 0.5) is 5.69 Å². The summed E-state index contributed by atoms with van der Waals surface area (Å²) in [6, 6.07) is 11.2. The van der Waals surface area contributed by atoms with Crippen LogP contribution in [0, 0.1) is 0 Å². The van der Waals surface area contributed by atoms with E-state index in [4.69, 9.17) is 23.2 Å². The number of benzene rings is 2. The summed E-state index contributed by atoms with van der Waals surface area (Å²) in [6.45, 7) is 0. The Morgan fingerprint density at radius 3 is 2.84 bits per heavy atom. The monoisotopic (exact) mass is 293 g/mol. The molecule has 2 N–H and O–H groups in total. The molecule has 0 saturated heterocycles. The summed E-state index contributed by atoms with van der Waals surface area (Å²) in [7, 11) is 0. The molecule has 1 unspecified atom stereocenters. The maximum absolute atomic E-state index is 9.84. The van der Waals surface area contributed by atoms with Crippen LogP contribution in [0.3, 0.4) is 0 Å². The second-order valence-electron chi connectivity index (χ2n) is 4.70. The molecule has 1 aliphatic carbocycles. The van der Waals surface area contributed by atoms with Crippen molar-refractivity contribution in [3.8, 4) is 5.75 Å². The van der Waals surface area contributed by atoms with E-state index in [1.165, 1.54) is 0 Å². The molecule has 1 atom stereocenters. The van der Waals surface area contributed by atoms with Crippen molar-refractivity contribution in [3.63, 3.8) is 0 Å². The van der Waals surface area contributed by atoms with E-state index in [1.54, 1.807) is 18.2 Å². The molecule has 98 valence electrons. The van der Waals surface area contributed by atoms with Gasteiger partial charge in [-0.15, -0.1) is 0 Å². The highest BCUT2D eigenvalue weighted by Crippen LogP contribution is 2.39. The largest absolute Gasteiger partial charge is 0.508 e. The SMILES string of the molecule is Oc1cccc2c1CCC2Nc1cc(Cl)ccc1Cl. The number of phenolic OH excluding ortho intramolecular Hbond substituents is 1. The van der Waals surface area contributed by atoms with Crippen molar-refractivity contribution in [2.45, 2.75) is 18.9 Å². The molecule has 4 heteroatoms. The summed E-state index contributed by atoms with van der Waals surface area (Å²) in [5.74, 6) is 0.374. The fourth-order valence-electron chi connectivity index (χ4n) is 2.58. The maximum atomic E-state index is 9.84. The molecule has 3 rings (SSSR count). The lowest BCUT2D eigenvalue weighted by atomic mass is 10.1. The van der Waals surface area contributed by atoms with Gasteiger partial charge >= 0.3 is 0 Å². The molecular formula is C15H13Cl2NO. The van der Waals surface area contributed by atoms with Gasteiger partial charge in [0.05, 0.1) is 16.8 Å². The first-order chi connectivity index (χ1) is 9.15. The highest BCUT2D eigenvalue weighted by Gasteiger charge is 2.24. The minimum atomic E-state index is 0.165. The standard InChI is InChI=1S/C15H13Cl2NO/c16-9-4-6-12(17)14(8-9)18-13-7-5-11-10(13)2-1-3-15(11)19/h1-4,6,8,13,18-19H,5,7H2. The normalized spacial score (nSPS) is 17.3. The second kappa shape index (κ2) is 4.95. The van der Waals surface area contributed by atoms with Crippen LogP contribution in [0.2, 0.25) is 10.0 Å². The third kappa shape index (κ3) is 2.38. The van der Waals surface area contributed by atoms with E-state index in [0.717, 1.165) is 29.7 Å². The second-order valence-corrected chi connectivity index (χ2v) is 5.55. The number of halogens is 2. The maximum Gasteiger partial charge on any atom is 0.119 e. The summed E-state index contributed by atoms with van der Waals surface area (Å²) >= 11 is 12.2. The number of phenols is 1. The molecule has 0 radical (unpaired) electrons. The summed E-state index contributed by atoms with van der Waals surface area (Å²) in [5.41, 5.74) is 2.99. The number of nitrogens with one attached hydrogen (secondary N) is 1. The van der Waals surface area contributed by atoms with Gasteiger partial charge in [0.25, 0.3) is 0 Å². The van der Waals surface area contributed by atoms with E-state index in [0.29, 0.717) is 15.8 Å². The van der Waals surface area contributed by atoms with Crippen LogP contribution in [-0.4, -0.2) is 5.11 Å². The van der Waals surface area contributed by atoms with E-state index in [9.17, 15) is 5.11 Å². The van der Waals surface area contributed by atoms with Crippen molar-refractivity contribution < 1.29 is 5.11 Å². The van der Waals surface area contributed by atoms with Crippen molar-refractivity contribution in [1.82, 2.24) is 0 Å². The van der Waals surface area contributed by atoms with Crippen LogP contribution in [0.5, 0.6) is 5.75 Å². The molecule has 0 amide bonds. The van der Waals surface area contributed by atoms with Gasteiger partial charge < -0.3 is 10.4 Å².